The van der Waals surface area contributed by atoms with Crippen LogP contribution in [0.2, 0.25) is 0 Å². The molecule has 3 aromatic heterocycles. The molecule has 0 aliphatic heterocycles. The minimum Gasteiger partial charge on any atom is -0.382 e. The molecular formula is C15H16OS3. The second-order valence-corrected chi connectivity index (χ2v) is 8.83. The predicted molar refractivity (Wildman–Crippen MR) is 86.8 cm³/mol. The maximum Gasteiger partial charge on any atom is 0.122 e. The monoisotopic (exact) mass is 308 g/mol. The summed E-state index contributed by atoms with van der Waals surface area (Å²) >= 11 is 5.14. The van der Waals surface area contributed by atoms with Crippen molar-refractivity contribution in [3.05, 3.63) is 44.3 Å². The fourth-order valence-electron chi connectivity index (χ4n) is 1.96. The van der Waals surface area contributed by atoms with E-state index in [4.69, 9.17) is 0 Å². The van der Waals surface area contributed by atoms with Crippen LogP contribution in [0.5, 0.6) is 0 Å². The average molecular weight is 308 g/mol. The Hall–Kier alpha value is -0.680. The Labute approximate surface area is 125 Å². The summed E-state index contributed by atoms with van der Waals surface area (Å²) < 4.78 is 2.54. The van der Waals surface area contributed by atoms with Crippen molar-refractivity contribution in [2.45, 2.75) is 32.3 Å². The molecule has 0 amide bonds. The topological polar surface area (TPSA) is 20.2 Å². The van der Waals surface area contributed by atoms with Gasteiger partial charge in [-0.15, -0.1) is 34.0 Å². The largest absolute Gasteiger partial charge is 0.382 e. The first-order valence-corrected chi connectivity index (χ1v) is 8.71. The molecule has 0 aromatic carbocycles. The van der Waals surface area contributed by atoms with Crippen molar-refractivity contribution in [3.8, 4) is 0 Å². The van der Waals surface area contributed by atoms with Gasteiger partial charge in [-0.2, -0.15) is 0 Å². The molecular weight excluding hydrogens is 292 g/mol. The highest BCUT2D eigenvalue weighted by atomic mass is 32.1. The van der Waals surface area contributed by atoms with Gasteiger partial charge in [0.25, 0.3) is 0 Å². The third kappa shape index (κ3) is 2.50. The Morgan fingerprint density at radius 2 is 1.79 bits per heavy atom. The maximum atomic E-state index is 10.5. The van der Waals surface area contributed by atoms with Gasteiger partial charge in [-0.25, -0.2) is 0 Å². The van der Waals surface area contributed by atoms with E-state index in [1.807, 2.05) is 0 Å². The lowest BCUT2D eigenvalue weighted by molar-refractivity contribution is 0.228. The molecule has 0 bridgehead atoms. The fraction of sp³-hybridized carbons (Fsp3) is 0.333. The van der Waals surface area contributed by atoms with Gasteiger partial charge < -0.3 is 5.11 Å². The van der Waals surface area contributed by atoms with Crippen LogP contribution in [-0.2, 0) is 5.41 Å². The van der Waals surface area contributed by atoms with Crippen LogP contribution in [0.4, 0.5) is 0 Å². The summed E-state index contributed by atoms with van der Waals surface area (Å²) in [5, 5.41) is 12.6. The van der Waals surface area contributed by atoms with Gasteiger partial charge in [0.2, 0.25) is 0 Å². The number of thiophene rings is 3. The standard InChI is InChI=1S/C15H16OS3/c1-15(2,3)13-5-4-10(19-13)14(16)12-8-11-9(18-12)6-7-17-11/h4-8,14,16H,1-3H3. The van der Waals surface area contributed by atoms with Crippen LogP contribution in [0, 0.1) is 0 Å². The van der Waals surface area contributed by atoms with Gasteiger partial charge in [0.1, 0.15) is 6.10 Å². The first-order valence-electron chi connectivity index (χ1n) is 6.20. The van der Waals surface area contributed by atoms with Crippen molar-refractivity contribution in [2.75, 3.05) is 0 Å². The van der Waals surface area contributed by atoms with Crippen LogP contribution in [0.25, 0.3) is 9.40 Å². The Morgan fingerprint density at radius 1 is 1.00 bits per heavy atom. The van der Waals surface area contributed by atoms with E-state index in [0.717, 1.165) is 9.75 Å². The molecule has 0 saturated carbocycles. The minimum atomic E-state index is -0.481. The molecule has 1 unspecified atom stereocenters. The van der Waals surface area contributed by atoms with Crippen molar-refractivity contribution >= 4 is 43.4 Å². The van der Waals surface area contributed by atoms with Crippen LogP contribution in [0.1, 0.15) is 41.5 Å². The first kappa shape index (κ1) is 13.3. The summed E-state index contributed by atoms with van der Waals surface area (Å²) in [6, 6.07) is 8.44. The van der Waals surface area contributed by atoms with E-state index in [2.05, 4.69) is 50.4 Å². The van der Waals surface area contributed by atoms with Crippen LogP contribution < -0.4 is 0 Å². The normalized spacial score (nSPS) is 14.1. The molecule has 19 heavy (non-hydrogen) atoms. The lowest BCUT2D eigenvalue weighted by Crippen LogP contribution is -2.07. The summed E-state index contributed by atoms with van der Waals surface area (Å²) in [6.07, 6.45) is -0.481. The molecule has 4 heteroatoms. The molecule has 0 aliphatic rings. The first-order chi connectivity index (χ1) is 8.95. The Balaban J connectivity index is 1.93. The molecule has 0 spiro atoms. The van der Waals surface area contributed by atoms with E-state index in [1.54, 1.807) is 34.0 Å². The number of aliphatic hydroxyl groups excluding tert-OH is 1. The molecule has 1 nitrogen and oxygen atoms in total. The summed E-state index contributed by atoms with van der Waals surface area (Å²) in [7, 11) is 0. The number of rotatable bonds is 2. The van der Waals surface area contributed by atoms with Crippen LogP contribution >= 0.6 is 34.0 Å². The van der Waals surface area contributed by atoms with Crippen LogP contribution in [0.3, 0.4) is 0 Å². The molecule has 3 rings (SSSR count). The number of fused-ring (bicyclic) bond motifs is 1. The number of aliphatic hydroxyl groups is 1. The highest BCUT2D eigenvalue weighted by Gasteiger charge is 2.20. The maximum absolute atomic E-state index is 10.5. The predicted octanol–water partition coefficient (Wildman–Crippen LogP) is 5.40. The smallest absolute Gasteiger partial charge is 0.122 e. The van der Waals surface area contributed by atoms with Crippen molar-refractivity contribution < 1.29 is 5.11 Å². The molecule has 100 valence electrons. The van der Waals surface area contributed by atoms with Gasteiger partial charge in [0.15, 0.2) is 0 Å². The van der Waals surface area contributed by atoms with Crippen molar-refractivity contribution in [2.24, 2.45) is 0 Å². The highest BCUT2D eigenvalue weighted by Crippen LogP contribution is 2.39. The lowest BCUT2D eigenvalue weighted by atomic mass is 9.95. The second-order valence-electron chi connectivity index (χ2n) is 5.65. The second kappa shape index (κ2) is 4.70. The van der Waals surface area contributed by atoms with Gasteiger partial charge in [0, 0.05) is 24.0 Å². The zero-order valence-electron chi connectivity index (χ0n) is 11.1. The van der Waals surface area contributed by atoms with Gasteiger partial charge >= 0.3 is 0 Å². The van der Waals surface area contributed by atoms with E-state index in [9.17, 15) is 5.11 Å². The Bertz CT molecular complexity index is 668. The third-order valence-corrected chi connectivity index (χ3v) is 6.77. The molecule has 0 radical (unpaired) electrons. The third-order valence-electron chi connectivity index (χ3n) is 3.06. The van der Waals surface area contributed by atoms with Gasteiger partial charge in [0.05, 0.1) is 0 Å². The number of hydrogen-bond donors (Lipinski definition) is 1. The minimum absolute atomic E-state index is 0.151. The van der Waals surface area contributed by atoms with Gasteiger partial charge in [-0.3, -0.25) is 0 Å². The highest BCUT2D eigenvalue weighted by molar-refractivity contribution is 7.27. The molecule has 0 saturated heterocycles. The zero-order chi connectivity index (χ0) is 13.6. The lowest BCUT2D eigenvalue weighted by Gasteiger charge is -2.15. The van der Waals surface area contributed by atoms with Crippen LogP contribution in [-0.4, -0.2) is 5.11 Å². The molecule has 1 N–H and O–H groups in total. The molecule has 0 aliphatic carbocycles. The van der Waals surface area contributed by atoms with Gasteiger partial charge in [-0.1, -0.05) is 20.8 Å². The van der Waals surface area contributed by atoms with E-state index < -0.39 is 6.10 Å². The number of hydrogen-bond acceptors (Lipinski definition) is 4. The summed E-state index contributed by atoms with van der Waals surface area (Å²) in [4.78, 5) is 3.41. The average Bonchev–Trinajstić information content (AvgIpc) is 3.01. The van der Waals surface area contributed by atoms with E-state index >= 15 is 0 Å². The van der Waals surface area contributed by atoms with E-state index in [-0.39, 0.29) is 5.41 Å². The van der Waals surface area contributed by atoms with Crippen molar-refractivity contribution in [1.82, 2.24) is 0 Å². The van der Waals surface area contributed by atoms with Crippen molar-refractivity contribution in [1.29, 1.82) is 0 Å². The van der Waals surface area contributed by atoms with Crippen molar-refractivity contribution in [3.63, 3.8) is 0 Å². The molecule has 0 fully saturated rings. The van der Waals surface area contributed by atoms with E-state index in [1.165, 1.54) is 14.3 Å². The van der Waals surface area contributed by atoms with Gasteiger partial charge in [-0.05, 0) is 35.1 Å². The summed E-state index contributed by atoms with van der Waals surface area (Å²) in [5.74, 6) is 0. The Morgan fingerprint density at radius 3 is 2.42 bits per heavy atom. The SMILES string of the molecule is CC(C)(C)c1ccc(C(O)c2cc3sccc3s2)s1. The summed E-state index contributed by atoms with van der Waals surface area (Å²) in [6.45, 7) is 6.61. The molecule has 3 heterocycles. The quantitative estimate of drug-likeness (QED) is 0.671. The summed E-state index contributed by atoms with van der Waals surface area (Å²) in [5.41, 5.74) is 0.151. The zero-order valence-corrected chi connectivity index (χ0v) is 13.6. The molecule has 3 aromatic rings. The molecule has 1 atom stereocenters. The fourth-order valence-corrected chi connectivity index (χ4v) is 5.23. The Kier molecular flexibility index (Phi) is 3.29. The van der Waals surface area contributed by atoms with E-state index in [0.29, 0.717) is 0 Å². The van der Waals surface area contributed by atoms with Crippen LogP contribution in [0.15, 0.2) is 29.6 Å².